The first-order chi connectivity index (χ1) is 28.3. The van der Waals surface area contributed by atoms with Gasteiger partial charge in [0.1, 0.15) is 17.2 Å². The summed E-state index contributed by atoms with van der Waals surface area (Å²) in [6.45, 7) is 15.0. The molecular weight excluding hydrogens is 763 g/mol. The number of nitrogens with one attached hydrogen (secondary N) is 1. The van der Waals surface area contributed by atoms with E-state index in [0.717, 1.165) is 76.9 Å². The third kappa shape index (κ3) is 10.3. The molecule has 5 aromatic rings. The van der Waals surface area contributed by atoms with Gasteiger partial charge in [-0.1, -0.05) is 41.7 Å². The Bertz CT molecular complexity index is 2290. The predicted octanol–water partition coefficient (Wildman–Crippen LogP) is 9.26. The standard InChI is InChI=1S/C47H55N5O6S/c1-7-56-42(53)29-51-23-21-32(27-31(51)3)12-11-25-57-34-17-18-35(30(2)26-34)36-19-20-41(49-43(36)45(55)58-47(4,5)6)52-24-22-33-13-10-14-37(38(33)28-52)44(54)50-46-48-39-15-8-9-16-40(39)59-46/h8-10,13-20,26,31-32H,7,11-12,21-25,27-29H2,1-6H3,(H,48,50,54)/t31-,32+/m0/s1. The molecule has 2 aliphatic heterocycles. The van der Waals surface area contributed by atoms with Crippen LogP contribution < -0.4 is 15.0 Å². The van der Waals surface area contributed by atoms with Gasteiger partial charge in [-0.2, -0.15) is 0 Å². The highest BCUT2D eigenvalue weighted by molar-refractivity contribution is 7.22. The second kappa shape index (κ2) is 18.3. The number of nitrogens with zero attached hydrogens (tertiary/aromatic N) is 4. The molecule has 0 saturated carbocycles. The van der Waals surface area contributed by atoms with Crippen LogP contribution in [0, 0.1) is 12.8 Å². The fourth-order valence-corrected chi connectivity index (χ4v) is 9.04. The Balaban J connectivity index is 1.03. The van der Waals surface area contributed by atoms with Crippen LogP contribution in [0.2, 0.25) is 0 Å². The normalized spacial score (nSPS) is 17.0. The molecule has 0 radical (unpaired) electrons. The van der Waals surface area contributed by atoms with Gasteiger partial charge in [0, 0.05) is 30.3 Å². The zero-order chi connectivity index (χ0) is 41.7. The van der Waals surface area contributed by atoms with Gasteiger partial charge in [-0.15, -0.1) is 0 Å². The topological polar surface area (TPSA) is 123 Å². The predicted molar refractivity (Wildman–Crippen MR) is 233 cm³/mol. The number of ether oxygens (including phenoxy) is 3. The summed E-state index contributed by atoms with van der Waals surface area (Å²) < 4.78 is 18.3. The molecule has 0 spiro atoms. The number of benzene rings is 3. The van der Waals surface area contributed by atoms with Crippen LogP contribution in [0.5, 0.6) is 5.75 Å². The van der Waals surface area contributed by atoms with Gasteiger partial charge < -0.3 is 19.1 Å². The van der Waals surface area contributed by atoms with Gasteiger partial charge in [0.05, 0.1) is 30.0 Å². The summed E-state index contributed by atoms with van der Waals surface area (Å²) in [4.78, 5) is 53.4. The van der Waals surface area contributed by atoms with Crippen molar-refractivity contribution in [1.29, 1.82) is 0 Å². The maximum absolute atomic E-state index is 13.9. The highest BCUT2D eigenvalue weighted by Gasteiger charge is 2.29. The Morgan fingerprint density at radius 1 is 0.966 bits per heavy atom. The number of rotatable bonds is 13. The molecule has 1 fully saturated rings. The van der Waals surface area contributed by atoms with E-state index < -0.39 is 11.6 Å². The summed E-state index contributed by atoms with van der Waals surface area (Å²) in [7, 11) is 0. The molecule has 0 unspecified atom stereocenters. The molecule has 59 heavy (non-hydrogen) atoms. The van der Waals surface area contributed by atoms with Crippen molar-refractivity contribution in [3.63, 3.8) is 0 Å². The molecule has 7 rings (SSSR count). The lowest BCUT2D eigenvalue weighted by atomic mass is 9.88. The van der Waals surface area contributed by atoms with Crippen molar-refractivity contribution in [2.45, 2.75) is 91.8 Å². The summed E-state index contributed by atoms with van der Waals surface area (Å²) in [6.07, 6.45) is 4.88. The van der Waals surface area contributed by atoms with Crippen LogP contribution in [-0.4, -0.2) is 77.2 Å². The van der Waals surface area contributed by atoms with E-state index in [-0.39, 0.29) is 17.6 Å². The van der Waals surface area contributed by atoms with E-state index in [0.29, 0.717) is 66.9 Å². The van der Waals surface area contributed by atoms with E-state index in [2.05, 4.69) is 33.1 Å². The zero-order valence-corrected chi connectivity index (χ0v) is 35.8. The lowest BCUT2D eigenvalue weighted by Gasteiger charge is -2.37. The molecule has 1 saturated heterocycles. The summed E-state index contributed by atoms with van der Waals surface area (Å²) >= 11 is 1.45. The SMILES string of the molecule is CCOC(=O)CN1CC[C@@H](CCCOc2ccc(-c3ccc(N4CCc5cccc(C(=O)Nc6nc7ccccc7s6)c5C4)nc3C(=O)OC(C)(C)C)c(C)c2)C[C@@H]1C. The van der Waals surface area contributed by atoms with Gasteiger partial charge in [-0.05, 0) is 151 Å². The molecular formula is C47H55N5O6S. The monoisotopic (exact) mass is 817 g/mol. The number of hydrogen-bond acceptors (Lipinski definition) is 11. The number of fused-ring (bicyclic) bond motifs is 2. The first-order valence-electron chi connectivity index (χ1n) is 20.8. The van der Waals surface area contributed by atoms with Gasteiger partial charge in [-0.25, -0.2) is 14.8 Å². The summed E-state index contributed by atoms with van der Waals surface area (Å²) in [5.74, 6) is 1.17. The van der Waals surface area contributed by atoms with Crippen LogP contribution in [0.3, 0.4) is 0 Å². The molecule has 12 heteroatoms. The maximum atomic E-state index is 13.9. The van der Waals surface area contributed by atoms with E-state index in [4.69, 9.17) is 19.2 Å². The smallest absolute Gasteiger partial charge is 0.358 e. The summed E-state index contributed by atoms with van der Waals surface area (Å²) in [5, 5.41) is 3.58. The highest BCUT2D eigenvalue weighted by Crippen LogP contribution is 2.34. The number of para-hydroxylation sites is 1. The first-order valence-corrected chi connectivity index (χ1v) is 21.6. The molecule has 1 N–H and O–H groups in total. The number of esters is 2. The molecule has 310 valence electrons. The van der Waals surface area contributed by atoms with Crippen LogP contribution in [0.4, 0.5) is 10.9 Å². The number of aryl methyl sites for hydroxylation is 1. The number of carbonyl (C=O) groups is 3. The maximum Gasteiger partial charge on any atom is 0.358 e. The van der Waals surface area contributed by atoms with Crippen molar-refractivity contribution in [3.8, 4) is 16.9 Å². The largest absolute Gasteiger partial charge is 0.494 e. The van der Waals surface area contributed by atoms with Crippen molar-refractivity contribution >= 4 is 50.3 Å². The second-order valence-corrected chi connectivity index (χ2v) is 17.6. The Kier molecular flexibility index (Phi) is 13.0. The average Bonchev–Trinajstić information content (AvgIpc) is 3.62. The lowest BCUT2D eigenvalue weighted by molar-refractivity contribution is -0.145. The molecule has 3 aromatic carbocycles. The Hall–Kier alpha value is -5.33. The first kappa shape index (κ1) is 41.8. The summed E-state index contributed by atoms with van der Waals surface area (Å²) in [6, 6.07) is 23.9. The number of amides is 1. The number of carbonyl (C=O) groups excluding carboxylic acids is 3. The van der Waals surface area contributed by atoms with E-state index >= 15 is 0 Å². The van der Waals surface area contributed by atoms with Crippen molar-refractivity contribution < 1.29 is 28.6 Å². The Morgan fingerprint density at radius 3 is 2.54 bits per heavy atom. The minimum Gasteiger partial charge on any atom is -0.494 e. The van der Waals surface area contributed by atoms with Crippen LogP contribution >= 0.6 is 11.3 Å². The van der Waals surface area contributed by atoms with E-state index in [9.17, 15) is 14.4 Å². The van der Waals surface area contributed by atoms with Crippen LogP contribution in [0.15, 0.2) is 72.8 Å². The lowest BCUT2D eigenvalue weighted by Crippen LogP contribution is -2.43. The number of hydrogen-bond donors (Lipinski definition) is 1. The molecule has 2 atom stereocenters. The third-order valence-corrected chi connectivity index (χ3v) is 12.1. The average molecular weight is 818 g/mol. The van der Waals surface area contributed by atoms with Gasteiger partial charge in [-0.3, -0.25) is 19.8 Å². The molecule has 1 amide bonds. The van der Waals surface area contributed by atoms with Gasteiger partial charge in [0.15, 0.2) is 10.8 Å². The highest BCUT2D eigenvalue weighted by atomic mass is 32.1. The summed E-state index contributed by atoms with van der Waals surface area (Å²) in [5.41, 5.74) is 5.53. The molecule has 4 heterocycles. The van der Waals surface area contributed by atoms with Crippen LogP contribution in [-0.2, 0) is 27.2 Å². The number of piperidine rings is 1. The minimum absolute atomic E-state index is 0.147. The van der Waals surface area contributed by atoms with Crippen molar-refractivity contribution in [2.24, 2.45) is 5.92 Å². The fourth-order valence-electron chi connectivity index (χ4n) is 8.18. The number of pyridine rings is 1. The van der Waals surface area contributed by atoms with E-state index in [1.807, 2.05) is 101 Å². The Labute approximate surface area is 351 Å². The Morgan fingerprint density at radius 2 is 1.78 bits per heavy atom. The molecule has 11 nitrogen and oxygen atoms in total. The minimum atomic E-state index is -0.716. The van der Waals surface area contributed by atoms with Gasteiger partial charge in [0.2, 0.25) is 0 Å². The number of thiazole rings is 1. The van der Waals surface area contributed by atoms with E-state index in [1.54, 1.807) is 0 Å². The molecule has 0 aliphatic carbocycles. The third-order valence-electron chi connectivity index (χ3n) is 11.1. The number of anilines is 2. The van der Waals surface area contributed by atoms with Crippen molar-refractivity contribution in [3.05, 3.63) is 101 Å². The van der Waals surface area contributed by atoms with Crippen molar-refractivity contribution in [2.75, 3.05) is 43.1 Å². The molecule has 2 aliphatic rings. The zero-order valence-electron chi connectivity index (χ0n) is 35.0. The van der Waals surface area contributed by atoms with Crippen LogP contribution in [0.25, 0.3) is 21.3 Å². The van der Waals surface area contributed by atoms with Crippen molar-refractivity contribution in [1.82, 2.24) is 14.9 Å². The van der Waals surface area contributed by atoms with Gasteiger partial charge >= 0.3 is 11.9 Å². The quantitative estimate of drug-likeness (QED) is 0.0909. The van der Waals surface area contributed by atoms with Gasteiger partial charge in [0.25, 0.3) is 5.91 Å². The van der Waals surface area contributed by atoms with Crippen LogP contribution in [0.1, 0.15) is 97.8 Å². The van der Waals surface area contributed by atoms with E-state index in [1.165, 1.54) is 11.3 Å². The molecule has 2 aromatic heterocycles. The second-order valence-electron chi connectivity index (χ2n) is 16.6. The number of likely N-dealkylation sites (tertiary alicyclic amines) is 1. The molecule has 0 bridgehead atoms. The fraction of sp³-hybridized carbons (Fsp3) is 0.426. The number of aromatic nitrogens is 2.